The summed E-state index contributed by atoms with van der Waals surface area (Å²) in [5.74, 6) is -1.16. The highest BCUT2D eigenvalue weighted by atomic mass is 35.5. The van der Waals surface area contributed by atoms with E-state index in [2.05, 4.69) is 5.16 Å². The van der Waals surface area contributed by atoms with Gasteiger partial charge in [-0.2, -0.15) is 5.26 Å². The summed E-state index contributed by atoms with van der Waals surface area (Å²) in [6, 6.07) is 12.9. The Kier molecular flexibility index (Phi) is 5.01. The Morgan fingerprint density at radius 3 is 2.85 bits per heavy atom. The molecule has 0 atom stereocenters. The van der Waals surface area contributed by atoms with Crippen molar-refractivity contribution >= 4 is 17.6 Å². The van der Waals surface area contributed by atoms with Gasteiger partial charge in [-0.25, -0.2) is 9.18 Å². The number of halogens is 2. The smallest absolute Gasteiger partial charge is 0.344 e. The van der Waals surface area contributed by atoms with Gasteiger partial charge in [-0.1, -0.05) is 35.0 Å². The number of esters is 1. The molecule has 0 aliphatic carbocycles. The van der Waals surface area contributed by atoms with Crippen LogP contribution in [0.2, 0.25) is 5.02 Å². The number of nitriles is 1. The molecule has 0 fully saturated rings. The molecular weight excluding hydrogens is 359 g/mol. The Morgan fingerprint density at radius 2 is 2.12 bits per heavy atom. The Morgan fingerprint density at radius 1 is 1.35 bits per heavy atom. The van der Waals surface area contributed by atoms with Gasteiger partial charge in [-0.05, 0) is 36.8 Å². The topological polar surface area (TPSA) is 76.1 Å². The van der Waals surface area contributed by atoms with Gasteiger partial charge in [-0.15, -0.1) is 0 Å². The molecule has 0 spiro atoms. The van der Waals surface area contributed by atoms with Gasteiger partial charge in [0.05, 0.1) is 22.2 Å². The first-order valence-corrected chi connectivity index (χ1v) is 7.96. The van der Waals surface area contributed by atoms with Gasteiger partial charge in [0, 0.05) is 0 Å². The molecule has 3 aromatic rings. The fourth-order valence-electron chi connectivity index (χ4n) is 2.46. The van der Waals surface area contributed by atoms with Crippen LogP contribution >= 0.6 is 11.6 Å². The van der Waals surface area contributed by atoms with Crippen LogP contribution in [0.4, 0.5) is 4.39 Å². The lowest BCUT2D eigenvalue weighted by Gasteiger charge is -2.07. The van der Waals surface area contributed by atoms with Crippen molar-refractivity contribution in [1.29, 1.82) is 5.26 Å². The SMILES string of the molecule is Cc1onc(-c2c(F)cccc2Cl)c1C(=O)OCc1cccc(C#N)c1. The monoisotopic (exact) mass is 370 g/mol. The van der Waals surface area contributed by atoms with E-state index in [9.17, 15) is 9.18 Å². The van der Waals surface area contributed by atoms with Crippen LogP contribution in [0, 0.1) is 24.1 Å². The maximum absolute atomic E-state index is 14.2. The van der Waals surface area contributed by atoms with E-state index in [1.54, 1.807) is 24.3 Å². The van der Waals surface area contributed by atoms with E-state index < -0.39 is 11.8 Å². The van der Waals surface area contributed by atoms with Crippen LogP contribution in [0.5, 0.6) is 0 Å². The molecule has 0 saturated carbocycles. The molecule has 0 aliphatic rings. The van der Waals surface area contributed by atoms with Crippen molar-refractivity contribution in [2.75, 3.05) is 0 Å². The van der Waals surface area contributed by atoms with Gasteiger partial charge in [0.25, 0.3) is 0 Å². The average molecular weight is 371 g/mol. The first-order valence-electron chi connectivity index (χ1n) is 7.58. The molecule has 0 aliphatic heterocycles. The normalized spacial score (nSPS) is 10.4. The number of hydrogen-bond donors (Lipinski definition) is 0. The van der Waals surface area contributed by atoms with E-state index in [0.29, 0.717) is 11.1 Å². The van der Waals surface area contributed by atoms with Crippen molar-refractivity contribution in [2.45, 2.75) is 13.5 Å². The summed E-state index contributed by atoms with van der Waals surface area (Å²) < 4.78 is 24.5. The van der Waals surface area contributed by atoms with Crippen molar-refractivity contribution in [3.8, 4) is 17.3 Å². The zero-order valence-electron chi connectivity index (χ0n) is 13.6. The first-order chi connectivity index (χ1) is 12.5. The standard InChI is InChI=1S/C19H12ClFN2O3/c1-11-16(18(23-26-11)17-14(20)6-3-7-15(17)21)19(24)25-10-13-5-2-4-12(8-13)9-22/h2-8H,10H2,1H3. The fourth-order valence-corrected chi connectivity index (χ4v) is 2.71. The van der Waals surface area contributed by atoms with Gasteiger partial charge in [0.15, 0.2) is 0 Å². The second-order valence-corrected chi connectivity index (χ2v) is 5.85. The summed E-state index contributed by atoms with van der Waals surface area (Å²) in [7, 11) is 0. The van der Waals surface area contributed by atoms with Gasteiger partial charge in [-0.3, -0.25) is 0 Å². The van der Waals surface area contributed by atoms with Crippen LogP contribution in [-0.4, -0.2) is 11.1 Å². The second-order valence-electron chi connectivity index (χ2n) is 5.45. The summed E-state index contributed by atoms with van der Waals surface area (Å²) >= 11 is 6.05. The number of rotatable bonds is 4. The molecule has 0 radical (unpaired) electrons. The molecule has 0 bridgehead atoms. The largest absolute Gasteiger partial charge is 0.457 e. The lowest BCUT2D eigenvalue weighted by atomic mass is 10.1. The number of aryl methyl sites for hydroxylation is 1. The zero-order valence-corrected chi connectivity index (χ0v) is 14.4. The number of aromatic nitrogens is 1. The highest BCUT2D eigenvalue weighted by molar-refractivity contribution is 6.33. The van der Waals surface area contributed by atoms with Crippen LogP contribution in [0.25, 0.3) is 11.3 Å². The molecule has 130 valence electrons. The van der Waals surface area contributed by atoms with E-state index in [4.69, 9.17) is 26.1 Å². The molecule has 1 aromatic heterocycles. The third-order valence-corrected chi connectivity index (χ3v) is 4.01. The third kappa shape index (κ3) is 3.44. The number of benzene rings is 2. The second kappa shape index (κ2) is 7.38. The first kappa shape index (κ1) is 17.6. The Hall–Kier alpha value is -3.17. The quantitative estimate of drug-likeness (QED) is 0.624. The minimum absolute atomic E-state index is 0.00781. The molecule has 0 amide bonds. The highest BCUT2D eigenvalue weighted by Gasteiger charge is 2.26. The van der Waals surface area contributed by atoms with Gasteiger partial charge in [0.2, 0.25) is 0 Å². The molecule has 0 unspecified atom stereocenters. The number of hydrogen-bond acceptors (Lipinski definition) is 5. The van der Waals surface area contributed by atoms with E-state index in [0.717, 1.165) is 0 Å². The van der Waals surface area contributed by atoms with E-state index in [1.165, 1.54) is 25.1 Å². The molecule has 7 heteroatoms. The Balaban J connectivity index is 1.89. The summed E-state index contributed by atoms with van der Waals surface area (Å²) in [4.78, 5) is 12.5. The third-order valence-electron chi connectivity index (χ3n) is 3.69. The minimum Gasteiger partial charge on any atom is -0.457 e. The molecule has 26 heavy (non-hydrogen) atoms. The zero-order chi connectivity index (χ0) is 18.7. The lowest BCUT2D eigenvalue weighted by Crippen LogP contribution is -2.08. The number of carbonyl (C=O) groups is 1. The Labute approximate surface area is 153 Å². The van der Waals surface area contributed by atoms with Crippen molar-refractivity contribution < 1.29 is 18.4 Å². The molecule has 3 rings (SSSR count). The maximum atomic E-state index is 14.2. The molecule has 0 N–H and O–H groups in total. The fraction of sp³-hybridized carbons (Fsp3) is 0.105. The van der Waals surface area contributed by atoms with Gasteiger partial charge < -0.3 is 9.26 Å². The number of carbonyl (C=O) groups excluding carboxylic acids is 1. The van der Waals surface area contributed by atoms with Crippen LogP contribution < -0.4 is 0 Å². The summed E-state index contributed by atoms with van der Waals surface area (Å²) in [6.45, 7) is 1.47. The van der Waals surface area contributed by atoms with E-state index >= 15 is 0 Å². The van der Waals surface area contributed by atoms with Gasteiger partial charge >= 0.3 is 5.97 Å². The predicted octanol–water partition coefficient (Wildman–Crippen LogP) is 4.67. The van der Waals surface area contributed by atoms with E-state index in [1.807, 2.05) is 6.07 Å². The Bertz CT molecular complexity index is 1000. The maximum Gasteiger partial charge on any atom is 0.344 e. The lowest BCUT2D eigenvalue weighted by molar-refractivity contribution is 0.0471. The molecule has 5 nitrogen and oxygen atoms in total. The predicted molar refractivity (Wildman–Crippen MR) is 91.9 cm³/mol. The summed E-state index contributed by atoms with van der Waals surface area (Å²) in [5.41, 5.74) is 1.08. The number of ether oxygens (including phenoxy) is 1. The highest BCUT2D eigenvalue weighted by Crippen LogP contribution is 2.33. The van der Waals surface area contributed by atoms with Crippen LogP contribution in [0.15, 0.2) is 47.0 Å². The van der Waals surface area contributed by atoms with Crippen molar-refractivity contribution in [3.05, 3.63) is 75.8 Å². The summed E-state index contributed by atoms with van der Waals surface area (Å²) in [6.07, 6.45) is 0. The van der Waals surface area contributed by atoms with Gasteiger partial charge in [0.1, 0.15) is 29.4 Å². The van der Waals surface area contributed by atoms with Crippen LogP contribution in [0.1, 0.15) is 27.2 Å². The molecule has 2 aromatic carbocycles. The molecular formula is C19H12ClFN2O3. The molecule has 1 heterocycles. The average Bonchev–Trinajstić information content (AvgIpc) is 3.01. The summed E-state index contributed by atoms with van der Waals surface area (Å²) in [5, 5.41) is 12.8. The molecule has 0 saturated heterocycles. The van der Waals surface area contributed by atoms with Crippen molar-refractivity contribution in [2.24, 2.45) is 0 Å². The van der Waals surface area contributed by atoms with Crippen LogP contribution in [0.3, 0.4) is 0 Å². The minimum atomic E-state index is -0.722. The van der Waals surface area contributed by atoms with Crippen LogP contribution in [-0.2, 0) is 11.3 Å². The number of nitrogens with zero attached hydrogens (tertiary/aromatic N) is 2. The van der Waals surface area contributed by atoms with E-state index in [-0.39, 0.29) is 34.2 Å². The van der Waals surface area contributed by atoms with Crippen molar-refractivity contribution in [1.82, 2.24) is 5.16 Å². The van der Waals surface area contributed by atoms with Crippen molar-refractivity contribution in [3.63, 3.8) is 0 Å².